The summed E-state index contributed by atoms with van der Waals surface area (Å²) in [5.74, 6) is -2.88. The van der Waals surface area contributed by atoms with Gasteiger partial charge in [-0.3, -0.25) is 9.79 Å². The minimum Gasteiger partial charge on any atom is -0.504 e. The first-order valence-electron chi connectivity index (χ1n) is 10.8. The van der Waals surface area contributed by atoms with Crippen molar-refractivity contribution in [3.63, 3.8) is 0 Å². The van der Waals surface area contributed by atoms with Crippen molar-refractivity contribution >= 4 is 29.0 Å². The zero-order valence-corrected chi connectivity index (χ0v) is 20.4. The maximum absolute atomic E-state index is 12.8. The topological polar surface area (TPSA) is 118 Å². The van der Waals surface area contributed by atoms with Crippen LogP contribution in [-0.4, -0.2) is 47.1 Å². The Kier molecular flexibility index (Phi) is 6.70. The van der Waals surface area contributed by atoms with E-state index in [1.54, 1.807) is 19.9 Å². The number of benzene rings is 2. The highest BCUT2D eigenvalue weighted by Crippen LogP contribution is 2.41. The Morgan fingerprint density at radius 2 is 1.74 bits per heavy atom. The van der Waals surface area contributed by atoms with E-state index < -0.39 is 23.8 Å². The van der Waals surface area contributed by atoms with Crippen LogP contribution in [0.15, 0.2) is 64.1 Å². The number of ether oxygens (including phenoxy) is 2. The molecule has 1 aliphatic heterocycles. The van der Waals surface area contributed by atoms with Gasteiger partial charge in [-0.05, 0) is 43.7 Å². The molecule has 1 aromatic heterocycles. The van der Waals surface area contributed by atoms with Gasteiger partial charge in [-0.2, -0.15) is 0 Å². The fourth-order valence-corrected chi connectivity index (χ4v) is 5.12. The van der Waals surface area contributed by atoms with Crippen molar-refractivity contribution in [1.29, 1.82) is 0 Å². The van der Waals surface area contributed by atoms with Gasteiger partial charge in [-0.15, -0.1) is 11.3 Å². The van der Waals surface area contributed by atoms with Crippen molar-refractivity contribution in [3.05, 3.63) is 64.7 Å². The van der Waals surface area contributed by atoms with Crippen molar-refractivity contribution < 1.29 is 29.3 Å². The van der Waals surface area contributed by atoms with Crippen molar-refractivity contribution in [3.8, 4) is 33.3 Å². The number of thiazole rings is 1. The van der Waals surface area contributed by atoms with E-state index in [4.69, 9.17) is 9.47 Å². The monoisotopic (exact) mass is 492 g/mol. The molecule has 0 amide bonds. The molecule has 0 saturated heterocycles. The molecule has 1 aliphatic rings. The van der Waals surface area contributed by atoms with Gasteiger partial charge in [0.1, 0.15) is 10.9 Å². The van der Waals surface area contributed by atoms with E-state index in [0.717, 1.165) is 11.1 Å². The highest BCUT2D eigenvalue weighted by Gasteiger charge is 2.42. The van der Waals surface area contributed by atoms with Crippen LogP contribution in [-0.2, 0) is 19.1 Å². The number of phenols is 2. The number of allylic oxidation sites excluding steroid dienone is 1. The van der Waals surface area contributed by atoms with Gasteiger partial charge in [-0.25, -0.2) is 9.78 Å². The van der Waals surface area contributed by atoms with E-state index in [1.165, 1.54) is 37.7 Å². The number of hydrogen-bond donors (Lipinski definition) is 2. The molecule has 3 aromatic rings. The molecular formula is C26H24N2O6S. The second kappa shape index (κ2) is 9.71. The molecule has 0 aliphatic carbocycles. The average molecular weight is 493 g/mol. The lowest BCUT2D eigenvalue weighted by Gasteiger charge is -2.31. The number of hydrogen-bond acceptors (Lipinski definition) is 9. The summed E-state index contributed by atoms with van der Waals surface area (Å²) in [6.45, 7) is 3.47. The summed E-state index contributed by atoms with van der Waals surface area (Å²) in [6, 6.07) is 12.0. The zero-order valence-electron chi connectivity index (χ0n) is 19.6. The van der Waals surface area contributed by atoms with E-state index in [0.29, 0.717) is 33.2 Å². The predicted molar refractivity (Wildman–Crippen MR) is 132 cm³/mol. The van der Waals surface area contributed by atoms with Crippen molar-refractivity contribution in [2.24, 2.45) is 10.9 Å². The first-order valence-corrected chi connectivity index (χ1v) is 11.6. The van der Waals surface area contributed by atoms with Gasteiger partial charge in [0.15, 0.2) is 11.5 Å². The molecule has 9 heteroatoms. The highest BCUT2D eigenvalue weighted by molar-refractivity contribution is 7.13. The Hall–Kier alpha value is -3.98. The Morgan fingerprint density at radius 1 is 0.971 bits per heavy atom. The third kappa shape index (κ3) is 4.54. The smallest absolute Gasteiger partial charge is 0.336 e. The molecule has 0 fully saturated rings. The van der Waals surface area contributed by atoms with Gasteiger partial charge in [0, 0.05) is 33.8 Å². The number of aromatic nitrogens is 1. The van der Waals surface area contributed by atoms with Crippen LogP contribution in [0.1, 0.15) is 25.3 Å². The number of aromatic hydroxyl groups is 2. The lowest BCUT2D eigenvalue weighted by Crippen LogP contribution is -2.36. The average Bonchev–Trinajstić information content (AvgIpc) is 3.35. The van der Waals surface area contributed by atoms with Crippen molar-refractivity contribution in [2.75, 3.05) is 14.2 Å². The van der Waals surface area contributed by atoms with E-state index >= 15 is 0 Å². The Bertz CT molecular complexity index is 1370. The normalized spacial score (nSPS) is 17.7. The third-order valence-electron chi connectivity index (χ3n) is 5.96. The van der Waals surface area contributed by atoms with Gasteiger partial charge < -0.3 is 19.7 Å². The SMILES string of the molecule is COC(=O)C1=C(C)N=C(C)C(C(=O)OC)C1c1cccc(-c2nc(-c3ccc(O)c(O)c3)cs2)c1. The highest BCUT2D eigenvalue weighted by atomic mass is 32.1. The lowest BCUT2D eigenvalue weighted by molar-refractivity contribution is -0.143. The number of rotatable bonds is 5. The fourth-order valence-electron chi connectivity index (χ4n) is 4.29. The van der Waals surface area contributed by atoms with E-state index in [2.05, 4.69) is 9.98 Å². The molecule has 2 heterocycles. The molecule has 0 bridgehead atoms. The molecule has 2 aromatic carbocycles. The minimum atomic E-state index is -0.778. The molecule has 2 unspecified atom stereocenters. The Morgan fingerprint density at radius 3 is 2.43 bits per heavy atom. The van der Waals surface area contributed by atoms with E-state index in [1.807, 2.05) is 29.6 Å². The second-order valence-electron chi connectivity index (χ2n) is 8.09. The summed E-state index contributed by atoms with van der Waals surface area (Å²) >= 11 is 1.41. The minimum absolute atomic E-state index is 0.201. The van der Waals surface area contributed by atoms with Crippen molar-refractivity contribution in [1.82, 2.24) is 4.98 Å². The van der Waals surface area contributed by atoms with Gasteiger partial charge in [0.25, 0.3) is 0 Å². The van der Waals surface area contributed by atoms with Crippen LogP contribution in [0.5, 0.6) is 11.5 Å². The number of carbonyl (C=O) groups is 2. The number of esters is 2. The third-order valence-corrected chi connectivity index (χ3v) is 6.85. The number of methoxy groups -OCH3 is 2. The maximum atomic E-state index is 12.8. The number of aliphatic imine (C=N–C) groups is 1. The summed E-state index contributed by atoms with van der Waals surface area (Å²) in [7, 11) is 2.61. The first kappa shape index (κ1) is 24.2. The van der Waals surface area contributed by atoms with Crippen LogP contribution >= 0.6 is 11.3 Å². The van der Waals surface area contributed by atoms with Crippen molar-refractivity contribution in [2.45, 2.75) is 19.8 Å². The zero-order chi connectivity index (χ0) is 25.3. The Labute approximate surface area is 206 Å². The van der Waals surface area contributed by atoms with Gasteiger partial charge in [-0.1, -0.05) is 18.2 Å². The molecule has 180 valence electrons. The number of phenolic OH excluding ortho intramolecular Hbond substituents is 2. The maximum Gasteiger partial charge on any atom is 0.336 e. The van der Waals surface area contributed by atoms with Crippen LogP contribution in [0.2, 0.25) is 0 Å². The summed E-state index contributed by atoms with van der Waals surface area (Å²) in [6.07, 6.45) is 0. The van der Waals surface area contributed by atoms with Gasteiger partial charge >= 0.3 is 11.9 Å². The van der Waals surface area contributed by atoms with Crippen LogP contribution < -0.4 is 0 Å². The fraction of sp³-hybridized carbons (Fsp3) is 0.231. The van der Waals surface area contributed by atoms with Crippen LogP contribution in [0.3, 0.4) is 0 Å². The van der Waals surface area contributed by atoms with Gasteiger partial charge in [0.2, 0.25) is 0 Å². The Balaban J connectivity index is 1.78. The summed E-state index contributed by atoms with van der Waals surface area (Å²) in [5, 5.41) is 22.0. The van der Waals surface area contributed by atoms with E-state index in [9.17, 15) is 19.8 Å². The summed E-state index contributed by atoms with van der Waals surface area (Å²) < 4.78 is 10.1. The predicted octanol–water partition coefficient (Wildman–Crippen LogP) is 4.68. The lowest BCUT2D eigenvalue weighted by atomic mass is 9.75. The largest absolute Gasteiger partial charge is 0.504 e. The molecule has 35 heavy (non-hydrogen) atoms. The molecular weight excluding hydrogens is 468 g/mol. The first-order chi connectivity index (χ1) is 16.7. The molecule has 8 nitrogen and oxygen atoms in total. The quantitative estimate of drug-likeness (QED) is 0.392. The van der Waals surface area contributed by atoms with E-state index in [-0.39, 0.29) is 11.5 Å². The summed E-state index contributed by atoms with van der Waals surface area (Å²) in [4.78, 5) is 34.6. The van der Waals surface area contributed by atoms with Crippen LogP contribution in [0.25, 0.3) is 21.8 Å². The van der Waals surface area contributed by atoms with Crippen LogP contribution in [0.4, 0.5) is 0 Å². The number of carbonyl (C=O) groups excluding carboxylic acids is 2. The molecule has 2 atom stereocenters. The molecule has 0 radical (unpaired) electrons. The molecule has 4 rings (SSSR count). The molecule has 2 N–H and O–H groups in total. The second-order valence-corrected chi connectivity index (χ2v) is 8.95. The number of nitrogens with zero attached hydrogens (tertiary/aromatic N) is 2. The van der Waals surface area contributed by atoms with Crippen LogP contribution in [0, 0.1) is 5.92 Å². The molecule has 0 spiro atoms. The molecule has 0 saturated carbocycles. The standard InChI is InChI=1S/C26H24N2O6S/c1-13-21(25(31)33-3)23(22(14(2)27-13)26(32)34-4)16-6-5-7-17(10-16)24-28-18(12-35-24)15-8-9-19(29)20(30)11-15/h5-12,21,23,29-30H,1-4H3. The van der Waals surface area contributed by atoms with Gasteiger partial charge in [0.05, 0.1) is 25.5 Å². The summed E-state index contributed by atoms with van der Waals surface area (Å²) in [5.41, 5.74) is 4.19.